The van der Waals surface area contributed by atoms with E-state index >= 15 is 0 Å². The van der Waals surface area contributed by atoms with Crippen molar-refractivity contribution >= 4 is 23.4 Å². The summed E-state index contributed by atoms with van der Waals surface area (Å²) in [5, 5.41) is 6.23. The lowest BCUT2D eigenvalue weighted by molar-refractivity contribution is -0.120. The predicted octanol–water partition coefficient (Wildman–Crippen LogP) is 2.12. The molecule has 0 spiro atoms. The first-order valence-electron chi connectivity index (χ1n) is 6.53. The van der Waals surface area contributed by atoms with Crippen molar-refractivity contribution < 1.29 is 9.53 Å². The third-order valence-corrected chi connectivity index (χ3v) is 3.93. The number of carbonyl (C=O) groups is 1. The summed E-state index contributed by atoms with van der Waals surface area (Å²) in [6.07, 6.45) is 3.85. The van der Waals surface area contributed by atoms with Gasteiger partial charge in [-0.1, -0.05) is 12.1 Å². The molecular weight excluding hydrogens is 260 g/mol. The number of ether oxygens (including phenoxy) is 1. The van der Waals surface area contributed by atoms with E-state index < -0.39 is 0 Å². The normalized spacial score (nSPS) is 16.1. The highest BCUT2D eigenvalue weighted by Gasteiger charge is 2.15. The SMILES string of the molecule is CSc1ccccc1NCC(=O)NC1CCOCC1. The molecule has 1 aromatic carbocycles. The van der Waals surface area contributed by atoms with Crippen molar-refractivity contribution in [3.05, 3.63) is 24.3 Å². The minimum atomic E-state index is 0.0443. The number of thioether (sulfide) groups is 1. The monoisotopic (exact) mass is 280 g/mol. The van der Waals surface area contributed by atoms with Gasteiger partial charge in [-0.15, -0.1) is 11.8 Å². The van der Waals surface area contributed by atoms with E-state index in [9.17, 15) is 4.79 Å². The van der Waals surface area contributed by atoms with Gasteiger partial charge in [0.1, 0.15) is 0 Å². The lowest BCUT2D eigenvalue weighted by Gasteiger charge is -2.23. The Bertz CT molecular complexity index is 420. The van der Waals surface area contributed by atoms with E-state index in [4.69, 9.17) is 4.74 Å². The second-order valence-corrected chi connectivity index (χ2v) is 5.36. The molecule has 4 nitrogen and oxygen atoms in total. The van der Waals surface area contributed by atoms with Crippen LogP contribution in [0.15, 0.2) is 29.2 Å². The highest BCUT2D eigenvalue weighted by molar-refractivity contribution is 7.98. The van der Waals surface area contributed by atoms with Gasteiger partial charge < -0.3 is 15.4 Å². The Morgan fingerprint density at radius 1 is 1.37 bits per heavy atom. The quantitative estimate of drug-likeness (QED) is 0.811. The number of rotatable bonds is 5. The van der Waals surface area contributed by atoms with E-state index in [1.807, 2.05) is 30.5 Å². The molecule has 1 aliphatic rings. The maximum Gasteiger partial charge on any atom is 0.239 e. The summed E-state index contributed by atoms with van der Waals surface area (Å²) in [7, 11) is 0. The van der Waals surface area contributed by atoms with E-state index in [0.717, 1.165) is 36.6 Å². The molecular formula is C14H20N2O2S. The molecule has 1 amide bonds. The van der Waals surface area contributed by atoms with Crippen molar-refractivity contribution in [1.82, 2.24) is 5.32 Å². The molecule has 0 saturated carbocycles. The second kappa shape index (κ2) is 7.40. The van der Waals surface area contributed by atoms with Crippen LogP contribution in [0, 0.1) is 0 Å². The zero-order valence-corrected chi connectivity index (χ0v) is 12.0. The van der Waals surface area contributed by atoms with Gasteiger partial charge in [0.15, 0.2) is 0 Å². The number of benzene rings is 1. The molecule has 1 heterocycles. The highest BCUT2D eigenvalue weighted by Crippen LogP contribution is 2.24. The topological polar surface area (TPSA) is 50.4 Å². The standard InChI is InChI=1S/C14H20N2O2S/c1-19-13-5-3-2-4-12(13)15-10-14(17)16-11-6-8-18-9-7-11/h2-5,11,15H,6-10H2,1H3,(H,16,17). The van der Waals surface area contributed by atoms with Crippen LogP contribution in [-0.4, -0.2) is 38.0 Å². The molecule has 0 bridgehead atoms. The highest BCUT2D eigenvalue weighted by atomic mass is 32.2. The van der Waals surface area contributed by atoms with Gasteiger partial charge in [0.2, 0.25) is 5.91 Å². The molecule has 0 aliphatic carbocycles. The number of carbonyl (C=O) groups excluding carboxylic acids is 1. The van der Waals surface area contributed by atoms with Crippen LogP contribution in [0.5, 0.6) is 0 Å². The van der Waals surface area contributed by atoms with Crippen LogP contribution in [0.3, 0.4) is 0 Å². The first kappa shape index (κ1) is 14.2. The molecule has 2 N–H and O–H groups in total. The van der Waals surface area contributed by atoms with Gasteiger partial charge in [0.05, 0.1) is 6.54 Å². The van der Waals surface area contributed by atoms with E-state index in [1.165, 1.54) is 0 Å². The maximum atomic E-state index is 11.9. The minimum absolute atomic E-state index is 0.0443. The Kier molecular flexibility index (Phi) is 5.54. The van der Waals surface area contributed by atoms with E-state index in [0.29, 0.717) is 6.54 Å². The van der Waals surface area contributed by atoms with Crippen molar-refractivity contribution in [3.63, 3.8) is 0 Å². The Morgan fingerprint density at radius 2 is 2.11 bits per heavy atom. The molecule has 1 saturated heterocycles. The zero-order chi connectivity index (χ0) is 13.5. The molecule has 5 heteroatoms. The van der Waals surface area contributed by atoms with Crippen molar-refractivity contribution in [2.75, 3.05) is 31.3 Å². The average Bonchev–Trinajstić information content (AvgIpc) is 2.46. The van der Waals surface area contributed by atoms with Crippen LogP contribution in [0.2, 0.25) is 0 Å². The molecule has 104 valence electrons. The summed E-state index contributed by atoms with van der Waals surface area (Å²) < 4.78 is 5.27. The van der Waals surface area contributed by atoms with Crippen LogP contribution in [0.1, 0.15) is 12.8 Å². The predicted molar refractivity (Wildman–Crippen MR) is 78.7 cm³/mol. The number of anilines is 1. The Balaban J connectivity index is 1.79. The van der Waals surface area contributed by atoms with Gasteiger partial charge in [-0.05, 0) is 31.2 Å². The molecule has 2 rings (SSSR count). The summed E-state index contributed by atoms with van der Waals surface area (Å²) in [6, 6.07) is 8.27. The number of amides is 1. The average molecular weight is 280 g/mol. The number of nitrogens with one attached hydrogen (secondary N) is 2. The van der Waals surface area contributed by atoms with Gasteiger partial charge >= 0.3 is 0 Å². The number of hydrogen-bond acceptors (Lipinski definition) is 4. The lowest BCUT2D eigenvalue weighted by Crippen LogP contribution is -2.41. The largest absolute Gasteiger partial charge is 0.381 e. The molecule has 0 aromatic heterocycles. The summed E-state index contributed by atoms with van der Waals surface area (Å²) in [6.45, 7) is 1.80. The number of hydrogen-bond donors (Lipinski definition) is 2. The molecule has 19 heavy (non-hydrogen) atoms. The smallest absolute Gasteiger partial charge is 0.239 e. The first-order chi connectivity index (χ1) is 9.29. The first-order valence-corrected chi connectivity index (χ1v) is 7.76. The van der Waals surface area contributed by atoms with E-state index in [2.05, 4.69) is 10.6 Å². The van der Waals surface area contributed by atoms with Gasteiger partial charge in [0.25, 0.3) is 0 Å². The Labute approximate surface area is 118 Å². The number of para-hydroxylation sites is 1. The van der Waals surface area contributed by atoms with Crippen LogP contribution >= 0.6 is 11.8 Å². The van der Waals surface area contributed by atoms with E-state index in [1.54, 1.807) is 11.8 Å². The van der Waals surface area contributed by atoms with Gasteiger partial charge in [0, 0.05) is 29.8 Å². The second-order valence-electron chi connectivity index (χ2n) is 4.51. The molecule has 1 aliphatic heterocycles. The molecule has 1 aromatic rings. The minimum Gasteiger partial charge on any atom is -0.381 e. The van der Waals surface area contributed by atoms with Crippen molar-refractivity contribution in [1.29, 1.82) is 0 Å². The van der Waals surface area contributed by atoms with Crippen LogP contribution in [-0.2, 0) is 9.53 Å². The van der Waals surface area contributed by atoms with Gasteiger partial charge in [-0.2, -0.15) is 0 Å². The fourth-order valence-corrected chi connectivity index (χ4v) is 2.66. The Hall–Kier alpha value is -1.20. The van der Waals surface area contributed by atoms with Crippen LogP contribution in [0.25, 0.3) is 0 Å². The fourth-order valence-electron chi connectivity index (χ4n) is 2.09. The summed E-state index contributed by atoms with van der Waals surface area (Å²) in [5.41, 5.74) is 1.01. The van der Waals surface area contributed by atoms with Crippen molar-refractivity contribution in [2.24, 2.45) is 0 Å². The molecule has 1 fully saturated rings. The van der Waals surface area contributed by atoms with Crippen molar-refractivity contribution in [2.45, 2.75) is 23.8 Å². The molecule has 0 radical (unpaired) electrons. The Morgan fingerprint density at radius 3 is 2.84 bits per heavy atom. The fraction of sp³-hybridized carbons (Fsp3) is 0.500. The summed E-state index contributed by atoms with van der Waals surface area (Å²) in [5.74, 6) is 0.0443. The lowest BCUT2D eigenvalue weighted by atomic mass is 10.1. The molecule has 0 atom stereocenters. The van der Waals surface area contributed by atoms with E-state index in [-0.39, 0.29) is 11.9 Å². The zero-order valence-electron chi connectivity index (χ0n) is 11.1. The third-order valence-electron chi connectivity index (χ3n) is 3.13. The third kappa shape index (κ3) is 4.44. The summed E-state index contributed by atoms with van der Waals surface area (Å²) in [4.78, 5) is 13.0. The van der Waals surface area contributed by atoms with Crippen molar-refractivity contribution in [3.8, 4) is 0 Å². The van der Waals surface area contributed by atoms with Gasteiger partial charge in [-0.25, -0.2) is 0 Å². The van der Waals surface area contributed by atoms with Crippen LogP contribution < -0.4 is 10.6 Å². The summed E-state index contributed by atoms with van der Waals surface area (Å²) >= 11 is 1.67. The van der Waals surface area contributed by atoms with Gasteiger partial charge in [-0.3, -0.25) is 4.79 Å². The maximum absolute atomic E-state index is 11.9. The molecule has 0 unspecified atom stereocenters. The van der Waals surface area contributed by atoms with Crippen LogP contribution in [0.4, 0.5) is 5.69 Å².